The van der Waals surface area contributed by atoms with E-state index in [2.05, 4.69) is 9.88 Å². The number of anilines is 2. The van der Waals surface area contributed by atoms with E-state index in [1.54, 1.807) is 33.7 Å². The predicted molar refractivity (Wildman–Crippen MR) is 130 cm³/mol. The highest BCUT2D eigenvalue weighted by atomic mass is 35.5. The van der Waals surface area contributed by atoms with Gasteiger partial charge in [0.2, 0.25) is 10.0 Å². The van der Waals surface area contributed by atoms with Crippen LogP contribution in [0, 0.1) is 0 Å². The van der Waals surface area contributed by atoms with E-state index in [9.17, 15) is 13.2 Å². The summed E-state index contributed by atoms with van der Waals surface area (Å²) >= 11 is 6.21. The van der Waals surface area contributed by atoms with Crippen LogP contribution in [0.15, 0.2) is 36.7 Å². The number of fused-ring (bicyclic) bond motifs is 1. The molecule has 3 aliphatic rings. The average Bonchev–Trinajstić information content (AvgIpc) is 3.62. The minimum absolute atomic E-state index is 0.0631. The van der Waals surface area contributed by atoms with Gasteiger partial charge in [0.1, 0.15) is 0 Å². The van der Waals surface area contributed by atoms with E-state index in [1.165, 1.54) is 0 Å². The Labute approximate surface area is 200 Å². The highest BCUT2D eigenvalue weighted by Crippen LogP contribution is 2.43. The number of pyridine rings is 1. The van der Waals surface area contributed by atoms with E-state index in [-0.39, 0.29) is 17.2 Å². The Bertz CT molecular complexity index is 1200. The Hall–Kier alpha value is -2.16. The number of piperidine rings is 1. The molecule has 1 amide bonds. The molecule has 0 atom stereocenters. The summed E-state index contributed by atoms with van der Waals surface area (Å²) in [6.07, 6.45) is 6.64. The summed E-state index contributed by atoms with van der Waals surface area (Å²) in [5.41, 5.74) is 2.65. The van der Waals surface area contributed by atoms with Gasteiger partial charge in [0.15, 0.2) is 0 Å². The molecule has 1 saturated heterocycles. The van der Waals surface area contributed by atoms with E-state index in [0.717, 1.165) is 42.6 Å². The number of carbonyl (C=O) groups excluding carboxylic acids is 1. The van der Waals surface area contributed by atoms with E-state index < -0.39 is 15.6 Å². The van der Waals surface area contributed by atoms with Gasteiger partial charge in [0, 0.05) is 36.8 Å². The zero-order valence-electron chi connectivity index (χ0n) is 19.2. The molecule has 2 fully saturated rings. The summed E-state index contributed by atoms with van der Waals surface area (Å²) in [6.45, 7) is 5.13. The maximum atomic E-state index is 13.3. The lowest BCUT2D eigenvalue weighted by molar-refractivity contribution is 0.0982. The summed E-state index contributed by atoms with van der Waals surface area (Å²) in [6, 6.07) is 7.60. The van der Waals surface area contributed by atoms with Gasteiger partial charge in [-0.05, 0) is 69.4 Å². The number of nitrogens with zero attached hydrogens (tertiary/aromatic N) is 4. The van der Waals surface area contributed by atoms with Crippen molar-refractivity contribution in [3.05, 3.63) is 52.8 Å². The van der Waals surface area contributed by atoms with Crippen LogP contribution in [0.5, 0.6) is 0 Å². The molecule has 0 bridgehead atoms. The van der Waals surface area contributed by atoms with Crippen molar-refractivity contribution < 1.29 is 13.2 Å². The summed E-state index contributed by atoms with van der Waals surface area (Å²) in [5.74, 6) is -0.0631. The summed E-state index contributed by atoms with van der Waals surface area (Å²) in [5, 5.41) is 0.450. The van der Waals surface area contributed by atoms with Crippen molar-refractivity contribution in [1.29, 1.82) is 0 Å². The largest absolute Gasteiger partial charge is 0.370 e. The number of benzene rings is 1. The molecule has 2 aliphatic heterocycles. The molecule has 1 aromatic heterocycles. The summed E-state index contributed by atoms with van der Waals surface area (Å²) in [7, 11) is -1.10. The van der Waals surface area contributed by atoms with Crippen molar-refractivity contribution in [2.75, 3.05) is 29.9 Å². The normalized spacial score (nSPS) is 21.3. The molecule has 5 rings (SSSR count). The maximum absolute atomic E-state index is 13.3. The van der Waals surface area contributed by atoms with Crippen LogP contribution in [0.1, 0.15) is 55.5 Å². The standard InChI is InChI=1S/C24H29ClN4O3S/c1-24(2)22-12-16(25)4-7-21(22)23(30)29(24)19-13-18(14-26-15-19)27(3)17-8-10-28(11-9-17)33(31,32)20-5-6-20/h4,7,12-15,17,20H,5-6,8-11H2,1-3H3. The van der Waals surface area contributed by atoms with Crippen LogP contribution in [-0.2, 0) is 15.6 Å². The second-order valence-electron chi connectivity index (χ2n) is 9.78. The SMILES string of the molecule is CN(c1cncc(N2C(=O)c3ccc(Cl)cc3C2(C)C)c1)C1CCN(S(=O)(=O)C2CC2)CC1. The Morgan fingerprint density at radius 2 is 1.79 bits per heavy atom. The van der Waals surface area contributed by atoms with Crippen LogP contribution < -0.4 is 9.80 Å². The zero-order valence-corrected chi connectivity index (χ0v) is 20.7. The van der Waals surface area contributed by atoms with E-state index in [0.29, 0.717) is 23.7 Å². The van der Waals surface area contributed by atoms with Crippen molar-refractivity contribution in [1.82, 2.24) is 9.29 Å². The van der Waals surface area contributed by atoms with E-state index >= 15 is 0 Å². The fourth-order valence-corrected chi connectivity index (χ4v) is 7.19. The molecular weight excluding hydrogens is 460 g/mol. The molecule has 1 aliphatic carbocycles. The molecule has 1 saturated carbocycles. The molecule has 33 heavy (non-hydrogen) atoms. The first-order valence-electron chi connectivity index (χ1n) is 11.4. The highest BCUT2D eigenvalue weighted by Gasteiger charge is 2.44. The zero-order chi connectivity index (χ0) is 23.5. The van der Waals surface area contributed by atoms with Gasteiger partial charge in [-0.15, -0.1) is 0 Å². The number of hydrogen-bond donors (Lipinski definition) is 0. The molecule has 9 heteroatoms. The van der Waals surface area contributed by atoms with Crippen LogP contribution in [0.2, 0.25) is 5.02 Å². The summed E-state index contributed by atoms with van der Waals surface area (Å²) in [4.78, 5) is 21.7. The third-order valence-corrected chi connectivity index (χ3v) is 9.92. The fourth-order valence-electron chi connectivity index (χ4n) is 5.15. The number of amides is 1. The van der Waals surface area contributed by atoms with Crippen LogP contribution in [-0.4, -0.2) is 55.0 Å². The van der Waals surface area contributed by atoms with Gasteiger partial charge in [-0.25, -0.2) is 12.7 Å². The molecular formula is C24H29ClN4O3S. The monoisotopic (exact) mass is 488 g/mol. The van der Waals surface area contributed by atoms with Gasteiger partial charge in [0.05, 0.1) is 34.6 Å². The van der Waals surface area contributed by atoms with Crippen molar-refractivity contribution in [2.45, 2.75) is 56.4 Å². The van der Waals surface area contributed by atoms with Crippen LogP contribution in [0.4, 0.5) is 11.4 Å². The fraction of sp³-hybridized carbons (Fsp3) is 0.500. The molecule has 0 radical (unpaired) electrons. The Balaban J connectivity index is 1.35. The number of carbonyl (C=O) groups is 1. The van der Waals surface area contributed by atoms with Crippen molar-refractivity contribution in [2.24, 2.45) is 0 Å². The van der Waals surface area contributed by atoms with Crippen LogP contribution >= 0.6 is 11.6 Å². The minimum atomic E-state index is -3.12. The van der Waals surface area contributed by atoms with Crippen molar-refractivity contribution in [3.8, 4) is 0 Å². The molecule has 7 nitrogen and oxygen atoms in total. The van der Waals surface area contributed by atoms with Crippen LogP contribution in [0.25, 0.3) is 0 Å². The lowest BCUT2D eigenvalue weighted by Crippen LogP contribution is -2.46. The molecule has 0 unspecified atom stereocenters. The molecule has 1 aromatic carbocycles. The Morgan fingerprint density at radius 3 is 2.45 bits per heavy atom. The molecule has 176 valence electrons. The Morgan fingerprint density at radius 1 is 1.09 bits per heavy atom. The second kappa shape index (κ2) is 7.96. The smallest absolute Gasteiger partial charge is 0.259 e. The van der Waals surface area contributed by atoms with Gasteiger partial charge < -0.3 is 4.90 Å². The Kier molecular flexibility index (Phi) is 5.46. The second-order valence-corrected chi connectivity index (χ2v) is 12.4. The first-order valence-corrected chi connectivity index (χ1v) is 13.3. The van der Waals surface area contributed by atoms with Crippen LogP contribution in [0.3, 0.4) is 0 Å². The number of halogens is 1. The minimum Gasteiger partial charge on any atom is -0.370 e. The van der Waals surface area contributed by atoms with E-state index in [4.69, 9.17) is 11.6 Å². The third kappa shape index (κ3) is 3.82. The topological polar surface area (TPSA) is 73.8 Å². The predicted octanol–water partition coefficient (Wildman–Crippen LogP) is 4.02. The maximum Gasteiger partial charge on any atom is 0.259 e. The van der Waals surface area contributed by atoms with Gasteiger partial charge in [-0.3, -0.25) is 14.7 Å². The lowest BCUT2D eigenvalue weighted by Gasteiger charge is -2.38. The molecule has 2 aromatic rings. The lowest BCUT2D eigenvalue weighted by atomic mass is 9.93. The number of aromatic nitrogens is 1. The number of hydrogen-bond acceptors (Lipinski definition) is 5. The molecule has 0 N–H and O–H groups in total. The van der Waals surface area contributed by atoms with E-state index in [1.807, 2.05) is 33.0 Å². The quantitative estimate of drug-likeness (QED) is 0.635. The van der Waals surface area contributed by atoms with Gasteiger partial charge in [0.25, 0.3) is 5.91 Å². The highest BCUT2D eigenvalue weighted by molar-refractivity contribution is 7.90. The number of rotatable bonds is 5. The van der Waals surface area contributed by atoms with Gasteiger partial charge >= 0.3 is 0 Å². The van der Waals surface area contributed by atoms with Crippen molar-refractivity contribution >= 4 is 38.9 Å². The number of sulfonamides is 1. The van der Waals surface area contributed by atoms with Crippen molar-refractivity contribution in [3.63, 3.8) is 0 Å². The van der Waals surface area contributed by atoms with Gasteiger partial charge in [-0.1, -0.05) is 11.6 Å². The molecule has 0 spiro atoms. The first kappa shape index (κ1) is 22.6. The third-order valence-electron chi connectivity index (χ3n) is 7.28. The summed E-state index contributed by atoms with van der Waals surface area (Å²) < 4.78 is 26.8. The first-order chi connectivity index (χ1) is 15.6. The average molecular weight is 489 g/mol. The van der Waals surface area contributed by atoms with Gasteiger partial charge in [-0.2, -0.15) is 0 Å². The molecule has 3 heterocycles.